The second-order valence-corrected chi connectivity index (χ2v) is 3.13. The number of carbonyl (C=O) groups is 1. The highest BCUT2D eigenvalue weighted by Crippen LogP contribution is 2.14. The van der Waals surface area contributed by atoms with Crippen molar-refractivity contribution in [2.75, 3.05) is 11.5 Å². The van der Waals surface area contributed by atoms with Gasteiger partial charge in [-0.2, -0.15) is 0 Å². The van der Waals surface area contributed by atoms with Gasteiger partial charge in [0.15, 0.2) is 5.11 Å². The Labute approximate surface area is 93.6 Å². The van der Waals surface area contributed by atoms with Crippen molar-refractivity contribution in [3.05, 3.63) is 30.3 Å². The number of rotatable bonds is 2. The number of hydrogen-bond donors (Lipinski definition) is 1. The quantitative estimate of drug-likeness (QED) is 0.779. The van der Waals surface area contributed by atoms with Gasteiger partial charge in [-0.15, -0.1) is 0 Å². The normalized spacial score (nSPS) is 9.40. The van der Waals surface area contributed by atoms with Gasteiger partial charge in [-0.3, -0.25) is 0 Å². The largest absolute Gasteiger partial charge is 0.449 e. The number of nitrogens with zero attached hydrogens (tertiary/aromatic N) is 1. The predicted octanol–water partition coefficient (Wildman–Crippen LogP) is 1.89. The van der Waals surface area contributed by atoms with Gasteiger partial charge in [-0.25, -0.2) is 9.69 Å². The SMILES string of the molecule is CCOC(=O)N(C(N)=S)c1ccccc1. The van der Waals surface area contributed by atoms with Gasteiger partial charge in [-0.05, 0) is 31.3 Å². The number of thiocarbonyl (C=S) groups is 1. The van der Waals surface area contributed by atoms with Crippen LogP contribution in [0.4, 0.5) is 10.5 Å². The number of hydrogen-bond acceptors (Lipinski definition) is 3. The Hall–Kier alpha value is -1.62. The van der Waals surface area contributed by atoms with Crippen LogP contribution in [0, 0.1) is 0 Å². The van der Waals surface area contributed by atoms with Crippen LogP contribution in [0.2, 0.25) is 0 Å². The first kappa shape index (κ1) is 11.5. The first-order chi connectivity index (χ1) is 7.16. The summed E-state index contributed by atoms with van der Waals surface area (Å²) in [5, 5.41) is -0.0281. The maximum atomic E-state index is 11.5. The molecule has 0 atom stereocenters. The molecule has 1 aromatic carbocycles. The van der Waals surface area contributed by atoms with Gasteiger partial charge in [0, 0.05) is 0 Å². The summed E-state index contributed by atoms with van der Waals surface area (Å²) >= 11 is 4.79. The molecule has 15 heavy (non-hydrogen) atoms. The van der Waals surface area contributed by atoms with Crippen molar-refractivity contribution in [1.82, 2.24) is 0 Å². The van der Waals surface area contributed by atoms with Gasteiger partial charge in [0.1, 0.15) is 0 Å². The number of carbonyl (C=O) groups excluding carboxylic acids is 1. The Balaban J connectivity index is 2.94. The van der Waals surface area contributed by atoms with E-state index >= 15 is 0 Å². The average Bonchev–Trinajstić information content (AvgIpc) is 2.19. The summed E-state index contributed by atoms with van der Waals surface area (Å²) in [4.78, 5) is 12.7. The number of ether oxygens (including phenoxy) is 1. The summed E-state index contributed by atoms with van der Waals surface area (Å²) in [5.74, 6) is 0. The van der Waals surface area contributed by atoms with Crippen LogP contribution >= 0.6 is 12.2 Å². The van der Waals surface area contributed by atoms with Gasteiger partial charge >= 0.3 is 6.09 Å². The van der Waals surface area contributed by atoms with Crippen LogP contribution in [0.5, 0.6) is 0 Å². The molecule has 0 saturated heterocycles. The topological polar surface area (TPSA) is 55.6 Å². The number of benzene rings is 1. The standard InChI is InChI=1S/C10H12N2O2S/c1-2-14-10(13)12(9(11)15)8-6-4-3-5-7-8/h3-7H,2H2,1H3,(H2,11,15). The van der Waals surface area contributed by atoms with Gasteiger partial charge in [0.25, 0.3) is 0 Å². The highest BCUT2D eigenvalue weighted by Gasteiger charge is 2.18. The Bertz CT molecular complexity index is 354. The minimum absolute atomic E-state index is 0.0281. The zero-order valence-electron chi connectivity index (χ0n) is 8.34. The first-order valence-electron chi connectivity index (χ1n) is 4.48. The van der Waals surface area contributed by atoms with Gasteiger partial charge < -0.3 is 10.5 Å². The zero-order chi connectivity index (χ0) is 11.3. The monoisotopic (exact) mass is 224 g/mol. The van der Waals surface area contributed by atoms with Crippen LogP contribution in [0.15, 0.2) is 30.3 Å². The fourth-order valence-corrected chi connectivity index (χ4v) is 1.27. The van der Waals surface area contributed by atoms with E-state index in [-0.39, 0.29) is 11.7 Å². The van der Waals surface area contributed by atoms with Crippen molar-refractivity contribution in [2.24, 2.45) is 5.73 Å². The molecule has 0 bridgehead atoms. The van der Waals surface area contributed by atoms with Gasteiger partial charge in [-0.1, -0.05) is 18.2 Å². The highest BCUT2D eigenvalue weighted by molar-refractivity contribution is 7.80. The van der Waals surface area contributed by atoms with Crippen molar-refractivity contribution < 1.29 is 9.53 Å². The van der Waals surface area contributed by atoms with Crippen molar-refractivity contribution in [3.63, 3.8) is 0 Å². The Morgan fingerprint density at radius 2 is 2.07 bits per heavy atom. The molecule has 0 aliphatic rings. The average molecular weight is 224 g/mol. The summed E-state index contributed by atoms with van der Waals surface area (Å²) in [7, 11) is 0. The molecule has 0 radical (unpaired) electrons. The lowest BCUT2D eigenvalue weighted by Gasteiger charge is -2.19. The lowest BCUT2D eigenvalue weighted by Crippen LogP contribution is -2.41. The zero-order valence-corrected chi connectivity index (χ0v) is 9.16. The second kappa shape index (κ2) is 5.31. The molecule has 0 unspecified atom stereocenters. The van der Waals surface area contributed by atoms with E-state index in [1.54, 1.807) is 31.2 Å². The van der Waals surface area contributed by atoms with Crippen molar-refractivity contribution >= 4 is 29.1 Å². The van der Waals surface area contributed by atoms with Gasteiger partial charge in [0.2, 0.25) is 0 Å². The molecule has 0 aliphatic carbocycles. The van der Waals surface area contributed by atoms with E-state index in [0.717, 1.165) is 4.90 Å². The number of amides is 1. The molecule has 80 valence electrons. The van der Waals surface area contributed by atoms with Crippen molar-refractivity contribution in [3.8, 4) is 0 Å². The molecule has 5 heteroatoms. The van der Waals surface area contributed by atoms with E-state index < -0.39 is 6.09 Å². The third-order valence-corrected chi connectivity index (χ3v) is 1.87. The van der Waals surface area contributed by atoms with E-state index in [0.29, 0.717) is 5.69 Å². The summed E-state index contributed by atoms with van der Waals surface area (Å²) < 4.78 is 4.84. The molecule has 0 aromatic heterocycles. The van der Waals surface area contributed by atoms with Crippen LogP contribution in [0.25, 0.3) is 0 Å². The second-order valence-electron chi connectivity index (χ2n) is 2.71. The summed E-state index contributed by atoms with van der Waals surface area (Å²) in [6.45, 7) is 2.01. The molecular formula is C10H12N2O2S. The molecule has 0 heterocycles. The lowest BCUT2D eigenvalue weighted by molar-refractivity contribution is 0.163. The predicted molar refractivity (Wildman–Crippen MR) is 62.7 cm³/mol. The maximum absolute atomic E-state index is 11.5. The number of anilines is 1. The Morgan fingerprint density at radius 1 is 1.47 bits per heavy atom. The van der Waals surface area contributed by atoms with Crippen LogP contribution < -0.4 is 10.6 Å². The highest BCUT2D eigenvalue weighted by atomic mass is 32.1. The Kier molecular flexibility index (Phi) is 4.05. The molecule has 0 spiro atoms. The summed E-state index contributed by atoms with van der Waals surface area (Å²) in [6.07, 6.45) is -0.559. The molecule has 1 amide bonds. The molecule has 0 saturated carbocycles. The van der Waals surface area contributed by atoms with Crippen LogP contribution in [-0.2, 0) is 4.74 Å². The molecule has 2 N–H and O–H groups in total. The smallest absolute Gasteiger partial charge is 0.420 e. The molecule has 1 rings (SSSR count). The minimum Gasteiger partial charge on any atom is -0.449 e. The van der Waals surface area contributed by atoms with Crippen molar-refractivity contribution in [1.29, 1.82) is 0 Å². The van der Waals surface area contributed by atoms with E-state index in [1.165, 1.54) is 0 Å². The van der Waals surface area contributed by atoms with Crippen molar-refractivity contribution in [2.45, 2.75) is 6.92 Å². The van der Waals surface area contributed by atoms with E-state index in [2.05, 4.69) is 0 Å². The molecular weight excluding hydrogens is 212 g/mol. The molecule has 4 nitrogen and oxygen atoms in total. The molecule has 1 aromatic rings. The first-order valence-corrected chi connectivity index (χ1v) is 4.89. The minimum atomic E-state index is -0.559. The van der Waals surface area contributed by atoms with Gasteiger partial charge in [0.05, 0.1) is 12.3 Å². The Morgan fingerprint density at radius 3 is 2.53 bits per heavy atom. The third kappa shape index (κ3) is 2.92. The maximum Gasteiger partial charge on any atom is 0.420 e. The summed E-state index contributed by atoms with van der Waals surface area (Å²) in [6, 6.07) is 8.89. The van der Waals surface area contributed by atoms with E-state index in [9.17, 15) is 4.79 Å². The fraction of sp³-hybridized carbons (Fsp3) is 0.200. The van der Waals surface area contributed by atoms with E-state index in [4.69, 9.17) is 22.7 Å². The van der Waals surface area contributed by atoms with Crippen LogP contribution in [0.1, 0.15) is 6.92 Å². The third-order valence-electron chi connectivity index (χ3n) is 1.69. The molecule has 0 fully saturated rings. The lowest BCUT2D eigenvalue weighted by atomic mass is 10.3. The number of nitrogens with two attached hydrogens (primary N) is 1. The van der Waals surface area contributed by atoms with E-state index in [1.807, 2.05) is 6.07 Å². The summed E-state index contributed by atoms with van der Waals surface area (Å²) in [5.41, 5.74) is 6.06. The molecule has 0 aliphatic heterocycles. The fourth-order valence-electron chi connectivity index (χ4n) is 1.09. The van der Waals surface area contributed by atoms with Crippen LogP contribution in [-0.4, -0.2) is 17.8 Å². The van der Waals surface area contributed by atoms with Crippen LogP contribution in [0.3, 0.4) is 0 Å². The number of para-hydroxylation sites is 1.